The van der Waals surface area contributed by atoms with Crippen LogP contribution in [0.4, 0.5) is 8.63 Å². The summed E-state index contributed by atoms with van der Waals surface area (Å²) in [6.45, 7) is 0. The van der Waals surface area contributed by atoms with Crippen LogP contribution in [0.3, 0.4) is 0 Å². The molecule has 43 heavy (non-hydrogen) atoms. The maximum atomic E-state index is 13.5. The minimum Gasteiger partial charge on any atom is -0.503 e. The highest BCUT2D eigenvalue weighted by molar-refractivity contribution is 6.36. The van der Waals surface area contributed by atoms with Crippen molar-refractivity contribution in [1.29, 1.82) is 0 Å². The molecule has 4 rings (SSSR count). The number of carbonyl (C=O) groups excluding carboxylic acids is 1. The van der Waals surface area contributed by atoms with Crippen LogP contribution in [0.1, 0.15) is 16.2 Å². The van der Waals surface area contributed by atoms with Crippen LogP contribution in [0.25, 0.3) is 28.3 Å². The minimum atomic E-state index is -3.17. The fraction of sp³-hybridized carbons (Fsp3) is 0.233. The van der Waals surface area contributed by atoms with E-state index in [0.29, 0.717) is 57.0 Å². The largest absolute Gasteiger partial charge is 0.796 e. The molecule has 0 atom stereocenters. The van der Waals surface area contributed by atoms with Gasteiger partial charge in [-0.3, -0.25) is 4.79 Å². The van der Waals surface area contributed by atoms with Gasteiger partial charge in [-0.05, 0) is 48.5 Å². The number of hydrogen-bond donors (Lipinski definition) is 1. The Morgan fingerprint density at radius 2 is 1.26 bits per heavy atom. The molecule has 2 aromatic heterocycles. The number of halogens is 2. The van der Waals surface area contributed by atoms with Crippen LogP contribution >= 0.6 is 0 Å². The van der Waals surface area contributed by atoms with Crippen molar-refractivity contribution in [2.24, 2.45) is 7.05 Å². The third kappa shape index (κ3) is 6.25. The normalized spacial score (nSPS) is 11.1. The van der Waals surface area contributed by atoms with Crippen molar-refractivity contribution in [2.75, 3.05) is 42.7 Å². The Kier molecular flexibility index (Phi) is 9.54. The molecule has 4 aromatic rings. The number of H-pyrrole nitrogens is 1. The van der Waals surface area contributed by atoms with E-state index in [9.17, 15) is 13.4 Å². The molecular weight excluding hydrogens is 565 g/mol. The molecule has 0 aliphatic heterocycles. The van der Waals surface area contributed by atoms with Crippen molar-refractivity contribution >= 4 is 19.0 Å². The molecule has 0 saturated carbocycles. The molecule has 0 aliphatic rings. The fourth-order valence-corrected chi connectivity index (χ4v) is 4.68. The third-order valence-electron chi connectivity index (χ3n) is 6.74. The zero-order chi connectivity index (χ0) is 31.3. The highest BCUT2D eigenvalue weighted by Crippen LogP contribution is 2.42. The number of aromatic amines is 1. The SMILES string of the molecule is COc1cc(-c2ccc(C(=O)/C=C(/OB(F)F)c3ccc(-c4cc(OC)c(OC)c(OC)c4)n3C)[nH]2)cc(OC)c1OC. The number of benzene rings is 2. The van der Waals surface area contributed by atoms with E-state index in [2.05, 4.69) is 4.98 Å². The summed E-state index contributed by atoms with van der Waals surface area (Å²) in [4.78, 5) is 16.3. The number of carbonyl (C=O) groups is 1. The number of rotatable bonds is 13. The number of ketones is 1. The van der Waals surface area contributed by atoms with Crippen LogP contribution in [-0.4, -0.2) is 65.5 Å². The molecule has 10 nitrogen and oxygen atoms in total. The van der Waals surface area contributed by atoms with Gasteiger partial charge in [0.05, 0.1) is 54.0 Å². The number of methoxy groups -OCH3 is 6. The highest BCUT2D eigenvalue weighted by atomic mass is 19.2. The molecule has 1 N–H and O–H groups in total. The van der Waals surface area contributed by atoms with E-state index < -0.39 is 13.3 Å². The topological polar surface area (TPSA) is 102 Å². The first-order chi connectivity index (χ1) is 20.7. The predicted octanol–water partition coefficient (Wildman–Crippen LogP) is 5.90. The lowest BCUT2D eigenvalue weighted by atomic mass is 10.1. The van der Waals surface area contributed by atoms with Crippen LogP contribution < -0.4 is 28.4 Å². The van der Waals surface area contributed by atoms with Crippen molar-refractivity contribution in [2.45, 2.75) is 0 Å². The van der Waals surface area contributed by atoms with Gasteiger partial charge in [-0.1, -0.05) is 0 Å². The van der Waals surface area contributed by atoms with E-state index in [1.54, 1.807) is 60.1 Å². The summed E-state index contributed by atoms with van der Waals surface area (Å²) in [6.07, 6.45) is 1.02. The minimum absolute atomic E-state index is 0.151. The maximum absolute atomic E-state index is 13.5. The summed E-state index contributed by atoms with van der Waals surface area (Å²) in [7, 11) is 7.47. The highest BCUT2D eigenvalue weighted by Gasteiger charge is 2.25. The molecule has 0 amide bonds. The first-order valence-electron chi connectivity index (χ1n) is 12.9. The van der Waals surface area contributed by atoms with Gasteiger partial charge in [0.25, 0.3) is 0 Å². The van der Waals surface area contributed by atoms with E-state index in [4.69, 9.17) is 33.1 Å². The quantitative estimate of drug-likeness (QED) is 0.0881. The summed E-state index contributed by atoms with van der Waals surface area (Å²) in [5.41, 5.74) is 2.89. The van der Waals surface area contributed by atoms with Crippen molar-refractivity contribution < 1.29 is 46.5 Å². The van der Waals surface area contributed by atoms with Crippen molar-refractivity contribution in [3.8, 4) is 57.0 Å². The van der Waals surface area contributed by atoms with Crippen molar-refractivity contribution in [1.82, 2.24) is 9.55 Å². The number of allylic oxidation sites excluding steroid dienone is 1. The number of nitrogens with one attached hydrogen (secondary N) is 1. The lowest BCUT2D eigenvalue weighted by Gasteiger charge is -2.15. The van der Waals surface area contributed by atoms with Crippen LogP contribution in [0.15, 0.2) is 54.6 Å². The summed E-state index contributed by atoms with van der Waals surface area (Å²) in [5.74, 6) is 1.63. The van der Waals surface area contributed by atoms with Gasteiger partial charge in [-0.2, -0.15) is 0 Å². The number of nitrogens with zero attached hydrogens (tertiary/aromatic N) is 1. The third-order valence-corrected chi connectivity index (χ3v) is 6.74. The number of ether oxygens (including phenoxy) is 6. The lowest BCUT2D eigenvalue weighted by Crippen LogP contribution is -2.09. The van der Waals surface area contributed by atoms with Gasteiger partial charge < -0.3 is 42.6 Å². The lowest BCUT2D eigenvalue weighted by molar-refractivity contribution is 0.104. The Bertz CT molecular complexity index is 1600. The fourth-order valence-electron chi connectivity index (χ4n) is 4.68. The summed E-state index contributed by atoms with van der Waals surface area (Å²) in [5, 5.41) is 0. The monoisotopic (exact) mass is 596 g/mol. The Balaban J connectivity index is 1.71. The van der Waals surface area contributed by atoms with Crippen LogP contribution in [0.5, 0.6) is 34.5 Å². The van der Waals surface area contributed by atoms with E-state index in [-0.39, 0.29) is 17.1 Å². The number of hydrogen-bond acceptors (Lipinski definition) is 8. The first kappa shape index (κ1) is 30.9. The summed E-state index contributed by atoms with van der Waals surface area (Å²) >= 11 is 0. The Morgan fingerprint density at radius 3 is 1.72 bits per heavy atom. The second-order valence-corrected chi connectivity index (χ2v) is 9.03. The molecule has 0 radical (unpaired) electrons. The maximum Gasteiger partial charge on any atom is 0.796 e. The average molecular weight is 596 g/mol. The van der Waals surface area contributed by atoms with Crippen LogP contribution in [0, 0.1) is 0 Å². The molecular formula is C30H31BF2N2O8. The van der Waals surface area contributed by atoms with Gasteiger partial charge in [-0.25, -0.2) is 8.63 Å². The Labute approximate surface area is 247 Å². The average Bonchev–Trinajstić information content (AvgIpc) is 3.66. The van der Waals surface area contributed by atoms with Gasteiger partial charge in [0.1, 0.15) is 5.76 Å². The van der Waals surface area contributed by atoms with E-state index >= 15 is 0 Å². The molecule has 0 aliphatic carbocycles. The zero-order valence-corrected chi connectivity index (χ0v) is 24.7. The molecule has 2 heterocycles. The molecule has 0 bridgehead atoms. The second kappa shape index (κ2) is 13.3. The van der Waals surface area contributed by atoms with E-state index in [1.165, 1.54) is 42.7 Å². The zero-order valence-electron chi connectivity index (χ0n) is 24.7. The molecule has 0 fully saturated rings. The van der Waals surface area contributed by atoms with Gasteiger partial charge in [0.2, 0.25) is 17.3 Å². The van der Waals surface area contributed by atoms with Crippen molar-refractivity contribution in [3.05, 3.63) is 66.0 Å². The van der Waals surface area contributed by atoms with Gasteiger partial charge in [-0.15, -0.1) is 0 Å². The standard InChI is InChI=1S/C30H31BF2N2O8/c1-35-21(18-14-27(39-4)30(42-7)28(15-18)40-5)10-11-22(35)24(43-31(32)33)16-23(36)20-9-8-19(34-20)17-12-25(37-2)29(41-6)26(13-17)38-3/h8-16,34H,1-7H3/b24-16+. The number of aromatic nitrogens is 2. The molecule has 0 unspecified atom stereocenters. The summed E-state index contributed by atoms with van der Waals surface area (Å²) < 4.78 is 65.9. The van der Waals surface area contributed by atoms with E-state index in [0.717, 1.165) is 6.08 Å². The Hall–Kier alpha value is -5.07. The van der Waals surface area contributed by atoms with Crippen LogP contribution in [0.2, 0.25) is 0 Å². The van der Waals surface area contributed by atoms with Gasteiger partial charge in [0.15, 0.2) is 23.0 Å². The Morgan fingerprint density at radius 1 is 0.744 bits per heavy atom. The van der Waals surface area contributed by atoms with Crippen molar-refractivity contribution in [3.63, 3.8) is 0 Å². The van der Waals surface area contributed by atoms with Gasteiger partial charge in [0, 0.05) is 35.6 Å². The molecule has 0 spiro atoms. The summed E-state index contributed by atoms with van der Waals surface area (Å²) in [6, 6.07) is 13.4. The molecule has 226 valence electrons. The molecule has 0 saturated heterocycles. The van der Waals surface area contributed by atoms with E-state index in [1.807, 2.05) is 0 Å². The second-order valence-electron chi connectivity index (χ2n) is 9.03. The van der Waals surface area contributed by atoms with Crippen LogP contribution in [-0.2, 0) is 11.7 Å². The van der Waals surface area contributed by atoms with Gasteiger partial charge >= 0.3 is 7.47 Å². The first-order valence-corrected chi connectivity index (χ1v) is 12.9. The molecule has 13 heteroatoms. The smallest absolute Gasteiger partial charge is 0.503 e. The predicted molar refractivity (Wildman–Crippen MR) is 158 cm³/mol. The molecule has 2 aromatic carbocycles.